The lowest BCUT2D eigenvalue weighted by Gasteiger charge is -2.43. The quantitative estimate of drug-likeness (QED) is 0.189. The van der Waals surface area contributed by atoms with E-state index in [1.54, 1.807) is 6.07 Å². The lowest BCUT2D eigenvalue weighted by Crippen LogP contribution is -2.36. The molecule has 32 heavy (non-hydrogen) atoms. The molecule has 4 rings (SSSR count). The van der Waals surface area contributed by atoms with Crippen molar-refractivity contribution in [2.45, 2.75) is 52.6 Å². The molecule has 4 aromatic carbocycles. The van der Waals surface area contributed by atoms with E-state index in [0.717, 1.165) is 42.5 Å². The van der Waals surface area contributed by atoms with Crippen molar-refractivity contribution >= 4 is 32.9 Å². The molecule has 0 unspecified atom stereocenters. The minimum absolute atomic E-state index is 0.479. The van der Waals surface area contributed by atoms with Crippen molar-refractivity contribution in [1.82, 2.24) is 0 Å². The van der Waals surface area contributed by atoms with Crippen LogP contribution in [0.25, 0.3) is 32.7 Å². The van der Waals surface area contributed by atoms with Gasteiger partial charge in [0.05, 0.1) is 0 Å². The highest BCUT2D eigenvalue weighted by Crippen LogP contribution is 2.41. The Morgan fingerprint density at radius 2 is 1.28 bits per heavy atom. The van der Waals surface area contributed by atoms with Gasteiger partial charge < -0.3 is 10.3 Å². The van der Waals surface area contributed by atoms with Gasteiger partial charge in [0.1, 0.15) is 0 Å². The van der Waals surface area contributed by atoms with Gasteiger partial charge in [-0.25, -0.2) is 0 Å². The van der Waals surface area contributed by atoms with Gasteiger partial charge in [-0.05, 0) is 65.6 Å². The Morgan fingerprint density at radius 1 is 0.750 bits per heavy atom. The number of hydrogen-bond donors (Lipinski definition) is 0. The van der Waals surface area contributed by atoms with Gasteiger partial charge in [-0.3, -0.25) is 0 Å². The molecule has 4 heteroatoms. The molecular weight excluding hydrogens is 396 g/mol. The zero-order valence-corrected chi connectivity index (χ0v) is 19.6. The van der Waals surface area contributed by atoms with E-state index in [4.69, 9.17) is 0 Å². The van der Waals surface area contributed by atoms with Gasteiger partial charge in [0.2, 0.25) is 5.54 Å². The molecule has 0 N–H and O–H groups in total. The van der Waals surface area contributed by atoms with E-state index in [2.05, 4.69) is 30.3 Å². The third-order valence-corrected chi connectivity index (χ3v) is 5.65. The van der Waals surface area contributed by atoms with Crippen LogP contribution in [-0.4, -0.2) is 15.8 Å². The summed E-state index contributed by atoms with van der Waals surface area (Å²) in [6, 6.07) is 24.2. The lowest BCUT2D eigenvalue weighted by atomic mass is 9.91. The standard InChI is InChI=1S/C28H30N2O2/c1-27(2,3)29(31)22-16-21(17-23(18-22)30(32)28(4,5)6)26-24-13-9-7-11-19(24)15-20-12-8-10-14-25(20)26/h7-18H,1-6H3. The van der Waals surface area contributed by atoms with Gasteiger partial charge in [-0.15, -0.1) is 0 Å². The van der Waals surface area contributed by atoms with Gasteiger partial charge >= 0.3 is 0 Å². The highest BCUT2D eigenvalue weighted by atomic mass is 16.5. The average Bonchev–Trinajstić information content (AvgIpc) is 2.74. The summed E-state index contributed by atoms with van der Waals surface area (Å²) in [6.07, 6.45) is 0. The highest BCUT2D eigenvalue weighted by Gasteiger charge is 2.32. The molecule has 0 aliphatic rings. The van der Waals surface area contributed by atoms with Crippen LogP contribution in [-0.2, 0) is 0 Å². The van der Waals surface area contributed by atoms with Crippen LogP contribution >= 0.6 is 0 Å². The molecule has 4 aromatic rings. The first kappa shape index (κ1) is 22.0. The monoisotopic (exact) mass is 426 g/mol. The molecule has 164 valence electrons. The maximum atomic E-state index is 13.2. The second-order valence-electron chi connectivity index (χ2n) is 10.4. The average molecular weight is 427 g/mol. The van der Waals surface area contributed by atoms with Crippen LogP contribution in [0, 0.1) is 10.1 Å². The van der Waals surface area contributed by atoms with Gasteiger partial charge in [-0.2, -0.15) is 0 Å². The van der Waals surface area contributed by atoms with E-state index < -0.39 is 11.1 Å². The number of benzene rings is 4. The van der Waals surface area contributed by atoms with E-state index >= 15 is 0 Å². The summed E-state index contributed by atoms with van der Waals surface area (Å²) in [6.45, 7) is 11.2. The molecule has 0 aliphatic carbocycles. The molecule has 0 saturated heterocycles. The van der Waals surface area contributed by atoms with Crippen LogP contribution in [0.2, 0.25) is 0 Å². The first-order valence-corrected chi connectivity index (χ1v) is 11.0. The van der Waals surface area contributed by atoms with E-state index in [0.29, 0.717) is 11.4 Å². The third-order valence-electron chi connectivity index (χ3n) is 5.65. The smallest absolute Gasteiger partial charge is 0.259 e. The summed E-state index contributed by atoms with van der Waals surface area (Å²) >= 11 is 0. The number of nitrogens with zero attached hydrogens (tertiary/aromatic N) is 2. The number of hydrogen-bond acceptors (Lipinski definition) is 3. The van der Waals surface area contributed by atoms with Crippen molar-refractivity contribution in [3.05, 3.63) is 82.9 Å². The first-order chi connectivity index (χ1) is 15.0. The largest absolute Gasteiger partial charge is 0.758 e. The van der Waals surface area contributed by atoms with Gasteiger partial charge in [0, 0.05) is 53.8 Å². The summed E-state index contributed by atoms with van der Waals surface area (Å²) in [4.78, 5) is 13.2. The Labute approximate surface area is 189 Å². The zero-order valence-electron chi connectivity index (χ0n) is 19.6. The number of hydroxylamine groups is 1. The highest BCUT2D eigenvalue weighted by molar-refractivity contribution is 6.13. The van der Waals surface area contributed by atoms with Gasteiger partial charge in [-0.1, -0.05) is 48.5 Å². The van der Waals surface area contributed by atoms with Crippen molar-refractivity contribution in [1.29, 1.82) is 0 Å². The summed E-state index contributed by atoms with van der Waals surface area (Å²) in [5.74, 6) is 0. The second-order valence-corrected chi connectivity index (χ2v) is 10.4. The number of nitroso groups, excluding NO2 is 1. The van der Waals surface area contributed by atoms with Crippen LogP contribution < -0.4 is 5.06 Å². The second kappa shape index (κ2) is 7.72. The Bertz CT molecular complexity index is 1270. The molecule has 0 saturated carbocycles. The van der Waals surface area contributed by atoms with Crippen LogP contribution in [0.5, 0.6) is 0 Å². The number of fused-ring (bicyclic) bond motifs is 2. The molecule has 0 heterocycles. The van der Waals surface area contributed by atoms with Crippen molar-refractivity contribution in [2.75, 3.05) is 5.06 Å². The number of rotatable bonds is 3. The molecule has 4 nitrogen and oxygen atoms in total. The number of anilines is 1. The Balaban J connectivity index is 2.09. The summed E-state index contributed by atoms with van der Waals surface area (Å²) < 4.78 is 0.990. The van der Waals surface area contributed by atoms with E-state index in [1.807, 2.05) is 77.9 Å². The maximum absolute atomic E-state index is 13.2. The van der Waals surface area contributed by atoms with Crippen LogP contribution in [0.3, 0.4) is 0 Å². The Hall–Kier alpha value is -3.24. The van der Waals surface area contributed by atoms with Crippen molar-refractivity contribution in [2.24, 2.45) is 0 Å². The minimum atomic E-state index is -0.633. The van der Waals surface area contributed by atoms with Crippen LogP contribution in [0.15, 0.2) is 72.8 Å². The summed E-state index contributed by atoms with van der Waals surface area (Å²) in [5.41, 5.74) is 1.59. The molecule has 0 aliphatic heterocycles. The molecule has 0 radical (unpaired) electrons. The Morgan fingerprint density at radius 3 is 1.78 bits per heavy atom. The predicted octanol–water partition coefficient (Wildman–Crippen LogP) is 7.97. The topological polar surface area (TPSA) is 46.4 Å². The van der Waals surface area contributed by atoms with E-state index in [9.17, 15) is 10.1 Å². The normalized spacial score (nSPS) is 12.3. The van der Waals surface area contributed by atoms with Crippen molar-refractivity contribution < 1.29 is 4.76 Å². The van der Waals surface area contributed by atoms with Gasteiger partial charge in [0.25, 0.3) is 5.69 Å². The fourth-order valence-electron chi connectivity index (χ4n) is 4.07. The lowest BCUT2D eigenvalue weighted by molar-refractivity contribution is -0.540. The van der Waals surface area contributed by atoms with E-state index in [-0.39, 0.29) is 0 Å². The molecule has 0 bridgehead atoms. The van der Waals surface area contributed by atoms with Gasteiger partial charge in [0.15, 0.2) is 0 Å². The summed E-state index contributed by atoms with van der Waals surface area (Å²) in [7, 11) is 0. The fraction of sp³-hybridized carbons (Fsp3) is 0.286. The SMILES string of the molecule is CC(C)(C)N([O-])c1cc(-c2c3ccccc3cc3ccccc23)cc([N+](=O)C(C)(C)C)c1. The third kappa shape index (κ3) is 3.98. The van der Waals surface area contributed by atoms with E-state index in [1.165, 1.54) is 0 Å². The first-order valence-electron chi connectivity index (χ1n) is 11.0. The summed E-state index contributed by atoms with van der Waals surface area (Å²) in [5, 5.41) is 18.6. The molecule has 0 amide bonds. The minimum Gasteiger partial charge on any atom is -0.758 e. The fourth-order valence-corrected chi connectivity index (χ4v) is 4.07. The maximum Gasteiger partial charge on any atom is 0.259 e. The molecule has 0 aromatic heterocycles. The molecule has 0 spiro atoms. The molecule has 0 fully saturated rings. The molecule has 0 atom stereocenters. The Kier molecular flexibility index (Phi) is 5.30. The van der Waals surface area contributed by atoms with Crippen molar-refractivity contribution in [3.63, 3.8) is 0 Å². The molecular formula is C28H30N2O2. The van der Waals surface area contributed by atoms with Crippen molar-refractivity contribution in [3.8, 4) is 11.1 Å². The zero-order chi connectivity index (χ0) is 23.3. The van der Waals surface area contributed by atoms with Crippen LogP contribution in [0.1, 0.15) is 41.5 Å². The van der Waals surface area contributed by atoms with Crippen LogP contribution in [0.4, 0.5) is 11.4 Å². The predicted molar refractivity (Wildman–Crippen MR) is 136 cm³/mol.